The van der Waals surface area contributed by atoms with Gasteiger partial charge in [0.05, 0.1) is 19.3 Å². The van der Waals surface area contributed by atoms with Gasteiger partial charge in [-0.1, -0.05) is 25.5 Å². The van der Waals surface area contributed by atoms with E-state index in [1.807, 2.05) is 0 Å². The molecule has 0 aromatic carbocycles. The van der Waals surface area contributed by atoms with Crippen LogP contribution in [0.2, 0.25) is 0 Å². The molecular weight excluding hydrogens is 188 g/mol. The fourth-order valence-electron chi connectivity index (χ4n) is 3.60. The number of fused-ring (bicyclic) bond motifs is 2. The van der Waals surface area contributed by atoms with E-state index in [1.165, 1.54) is 5.57 Å². The average Bonchev–Trinajstić information content (AvgIpc) is 2.17. The molecule has 0 radical (unpaired) electrons. The first-order valence-corrected chi connectivity index (χ1v) is 5.93. The van der Waals surface area contributed by atoms with Crippen LogP contribution in [0.4, 0.5) is 0 Å². The van der Waals surface area contributed by atoms with Gasteiger partial charge in [-0.3, -0.25) is 0 Å². The van der Waals surface area contributed by atoms with Crippen LogP contribution >= 0.6 is 0 Å². The van der Waals surface area contributed by atoms with Crippen molar-refractivity contribution in [3.05, 3.63) is 11.6 Å². The van der Waals surface area contributed by atoms with Gasteiger partial charge in [0.25, 0.3) is 0 Å². The summed E-state index contributed by atoms with van der Waals surface area (Å²) < 4.78 is 5.85. The molecule has 2 nitrogen and oxygen atoms in total. The molecule has 1 fully saturated rings. The van der Waals surface area contributed by atoms with Crippen LogP contribution in [0.15, 0.2) is 11.6 Å². The Morgan fingerprint density at radius 3 is 2.73 bits per heavy atom. The van der Waals surface area contributed by atoms with Gasteiger partial charge < -0.3 is 9.84 Å². The number of hydrogen-bond acceptors (Lipinski definition) is 2. The standard InChI is InChI=1S/C13H22O2/c1-8-5-9(2)13(6-14)7-15-11(4)12(8)10(13)3/h5,9-12,14H,6-7H2,1-4H3/t9-,10-,11+,12-,13-/m1/s1. The molecule has 86 valence electrons. The third-order valence-electron chi connectivity index (χ3n) is 4.81. The van der Waals surface area contributed by atoms with Crippen LogP contribution in [0.1, 0.15) is 27.7 Å². The molecule has 1 saturated heterocycles. The van der Waals surface area contributed by atoms with Gasteiger partial charge in [0.15, 0.2) is 0 Å². The molecular formula is C13H22O2. The quantitative estimate of drug-likeness (QED) is 0.673. The Balaban J connectivity index is 2.43. The molecule has 2 heteroatoms. The van der Waals surface area contributed by atoms with E-state index in [4.69, 9.17) is 4.74 Å². The molecule has 2 bridgehead atoms. The monoisotopic (exact) mass is 210 g/mol. The Hall–Kier alpha value is -0.340. The molecule has 1 aliphatic heterocycles. The molecule has 0 spiro atoms. The number of aliphatic hydroxyl groups is 1. The molecule has 0 amide bonds. The molecule has 0 aromatic rings. The number of rotatable bonds is 1. The molecule has 2 rings (SSSR count). The van der Waals surface area contributed by atoms with E-state index in [2.05, 4.69) is 33.8 Å². The van der Waals surface area contributed by atoms with Crippen LogP contribution in [-0.4, -0.2) is 24.4 Å². The summed E-state index contributed by atoms with van der Waals surface area (Å²) in [5, 5.41) is 9.70. The minimum absolute atomic E-state index is 0.0450. The first-order valence-electron chi connectivity index (χ1n) is 5.93. The van der Waals surface area contributed by atoms with Gasteiger partial charge in [0.2, 0.25) is 0 Å². The number of allylic oxidation sites excluding steroid dienone is 1. The maximum absolute atomic E-state index is 9.70. The lowest BCUT2D eigenvalue weighted by Gasteiger charge is -2.54. The maximum Gasteiger partial charge on any atom is 0.0615 e. The molecule has 0 saturated carbocycles. The highest BCUT2D eigenvalue weighted by Gasteiger charge is 2.51. The number of aliphatic hydroxyl groups excluding tert-OH is 1. The number of hydrogen-bond donors (Lipinski definition) is 1. The Morgan fingerprint density at radius 2 is 2.13 bits per heavy atom. The molecule has 15 heavy (non-hydrogen) atoms. The summed E-state index contributed by atoms with van der Waals surface area (Å²) in [6.07, 6.45) is 2.63. The molecule has 1 N–H and O–H groups in total. The summed E-state index contributed by atoms with van der Waals surface area (Å²) in [5.41, 5.74) is 1.39. The Morgan fingerprint density at radius 1 is 1.47 bits per heavy atom. The number of ether oxygens (including phenoxy) is 1. The van der Waals surface area contributed by atoms with Crippen LogP contribution in [0.25, 0.3) is 0 Å². The van der Waals surface area contributed by atoms with Crippen molar-refractivity contribution >= 4 is 0 Å². The van der Waals surface area contributed by atoms with Crippen molar-refractivity contribution in [2.24, 2.45) is 23.2 Å². The summed E-state index contributed by atoms with van der Waals surface area (Å²) in [6, 6.07) is 0. The highest BCUT2D eigenvalue weighted by molar-refractivity contribution is 5.20. The average molecular weight is 210 g/mol. The van der Waals surface area contributed by atoms with Crippen molar-refractivity contribution < 1.29 is 9.84 Å². The fraction of sp³-hybridized carbons (Fsp3) is 0.846. The van der Waals surface area contributed by atoms with Crippen molar-refractivity contribution in [2.45, 2.75) is 33.8 Å². The smallest absolute Gasteiger partial charge is 0.0615 e. The van der Waals surface area contributed by atoms with Crippen LogP contribution in [0, 0.1) is 23.2 Å². The molecule has 1 aliphatic carbocycles. The lowest BCUT2D eigenvalue weighted by atomic mass is 9.56. The zero-order valence-corrected chi connectivity index (χ0v) is 10.2. The summed E-state index contributed by atoms with van der Waals surface area (Å²) in [4.78, 5) is 0. The van der Waals surface area contributed by atoms with E-state index >= 15 is 0 Å². The Labute approximate surface area is 92.3 Å². The molecule has 0 aromatic heterocycles. The summed E-state index contributed by atoms with van der Waals surface area (Å²) in [7, 11) is 0. The minimum Gasteiger partial charge on any atom is -0.396 e. The van der Waals surface area contributed by atoms with Gasteiger partial charge in [-0.2, -0.15) is 0 Å². The van der Waals surface area contributed by atoms with Gasteiger partial charge >= 0.3 is 0 Å². The van der Waals surface area contributed by atoms with Gasteiger partial charge in [-0.05, 0) is 25.7 Å². The second-order valence-corrected chi connectivity index (χ2v) is 5.42. The topological polar surface area (TPSA) is 29.5 Å². The Bertz CT molecular complexity index is 284. The predicted molar refractivity (Wildman–Crippen MR) is 60.5 cm³/mol. The van der Waals surface area contributed by atoms with E-state index < -0.39 is 0 Å². The lowest BCUT2D eigenvalue weighted by molar-refractivity contribution is -0.157. The molecule has 1 heterocycles. The third-order valence-corrected chi connectivity index (χ3v) is 4.81. The summed E-state index contributed by atoms with van der Waals surface area (Å²) in [6.45, 7) is 9.76. The lowest BCUT2D eigenvalue weighted by Crippen LogP contribution is -2.55. The van der Waals surface area contributed by atoms with E-state index in [0.717, 1.165) is 0 Å². The van der Waals surface area contributed by atoms with Crippen molar-refractivity contribution in [1.82, 2.24) is 0 Å². The van der Waals surface area contributed by atoms with Crippen molar-refractivity contribution in [3.63, 3.8) is 0 Å². The summed E-state index contributed by atoms with van der Waals surface area (Å²) in [5.74, 6) is 1.43. The van der Waals surface area contributed by atoms with E-state index in [0.29, 0.717) is 30.5 Å². The van der Waals surface area contributed by atoms with Crippen LogP contribution < -0.4 is 0 Å². The van der Waals surface area contributed by atoms with Gasteiger partial charge in [-0.25, -0.2) is 0 Å². The highest BCUT2D eigenvalue weighted by Crippen LogP contribution is 2.51. The van der Waals surface area contributed by atoms with E-state index in [-0.39, 0.29) is 12.0 Å². The van der Waals surface area contributed by atoms with Gasteiger partial charge in [-0.15, -0.1) is 0 Å². The molecule has 5 atom stereocenters. The molecule has 0 unspecified atom stereocenters. The van der Waals surface area contributed by atoms with Crippen molar-refractivity contribution in [2.75, 3.05) is 13.2 Å². The zero-order chi connectivity index (χ0) is 11.2. The van der Waals surface area contributed by atoms with Crippen LogP contribution in [0.5, 0.6) is 0 Å². The first kappa shape index (κ1) is 11.2. The summed E-state index contributed by atoms with van der Waals surface area (Å²) >= 11 is 0. The maximum atomic E-state index is 9.70. The predicted octanol–water partition coefficient (Wildman–Crippen LogP) is 2.23. The SMILES string of the molecule is CC1=C[C@@H](C)[C@@]2(CO)CO[C@@H](C)[C@H]1[C@H]2C. The van der Waals surface area contributed by atoms with Gasteiger partial charge in [0, 0.05) is 11.3 Å². The Kier molecular flexibility index (Phi) is 2.68. The first-order chi connectivity index (χ1) is 7.03. The van der Waals surface area contributed by atoms with Crippen molar-refractivity contribution in [1.29, 1.82) is 0 Å². The minimum atomic E-state index is -0.0450. The van der Waals surface area contributed by atoms with Crippen LogP contribution in [-0.2, 0) is 4.74 Å². The second kappa shape index (κ2) is 3.60. The highest BCUT2D eigenvalue weighted by atomic mass is 16.5. The third kappa shape index (κ3) is 1.38. The van der Waals surface area contributed by atoms with Crippen LogP contribution in [0.3, 0.4) is 0 Å². The normalized spacial score (nSPS) is 50.1. The fourth-order valence-corrected chi connectivity index (χ4v) is 3.60. The molecule has 2 aliphatic rings. The van der Waals surface area contributed by atoms with E-state index in [1.54, 1.807) is 0 Å². The van der Waals surface area contributed by atoms with E-state index in [9.17, 15) is 5.11 Å². The largest absolute Gasteiger partial charge is 0.396 e. The zero-order valence-electron chi connectivity index (χ0n) is 10.2. The van der Waals surface area contributed by atoms with Gasteiger partial charge in [0.1, 0.15) is 0 Å². The second-order valence-electron chi connectivity index (χ2n) is 5.42. The van der Waals surface area contributed by atoms with Crippen molar-refractivity contribution in [3.8, 4) is 0 Å².